The molecule has 0 aromatic carbocycles. The lowest BCUT2D eigenvalue weighted by Crippen LogP contribution is -2.03. The van der Waals surface area contributed by atoms with Crippen LogP contribution in [-0.2, 0) is 0 Å². The number of aliphatic hydroxyl groups excluding tert-OH is 1. The lowest BCUT2D eigenvalue weighted by atomic mass is 10.1. The fraction of sp³-hybridized carbons (Fsp3) is 0.273. The van der Waals surface area contributed by atoms with E-state index in [1.807, 2.05) is 6.92 Å². The molecule has 17 heavy (non-hydrogen) atoms. The van der Waals surface area contributed by atoms with Gasteiger partial charge in [-0.25, -0.2) is 0 Å². The Kier molecular flexibility index (Phi) is 3.24. The fourth-order valence-electron chi connectivity index (χ4n) is 1.53. The number of hydrogen-bond donors (Lipinski definition) is 3. The van der Waals surface area contributed by atoms with Gasteiger partial charge < -0.3 is 15.6 Å². The average Bonchev–Trinajstić information content (AvgIpc) is 2.75. The summed E-state index contributed by atoms with van der Waals surface area (Å²) < 4.78 is 5.32. The van der Waals surface area contributed by atoms with Gasteiger partial charge in [0.05, 0.1) is 19.0 Å². The van der Waals surface area contributed by atoms with E-state index in [0.29, 0.717) is 29.3 Å². The molecule has 0 saturated heterocycles. The van der Waals surface area contributed by atoms with Gasteiger partial charge >= 0.3 is 0 Å². The maximum absolute atomic E-state index is 10.1. The van der Waals surface area contributed by atoms with Crippen LogP contribution in [-0.4, -0.2) is 26.9 Å². The lowest BCUT2D eigenvalue weighted by molar-refractivity contribution is 0.219. The van der Waals surface area contributed by atoms with Crippen LogP contribution in [0.4, 0.5) is 5.82 Å². The van der Waals surface area contributed by atoms with Gasteiger partial charge in [-0.05, 0) is 13.0 Å². The van der Waals surface area contributed by atoms with E-state index in [0.717, 1.165) is 0 Å². The number of hydrogen-bond acceptors (Lipinski definition) is 5. The summed E-state index contributed by atoms with van der Waals surface area (Å²) in [6.07, 6.45) is 3.80. The van der Waals surface area contributed by atoms with Crippen molar-refractivity contribution in [1.29, 1.82) is 0 Å². The van der Waals surface area contributed by atoms with Gasteiger partial charge in [0.1, 0.15) is 17.7 Å². The number of ether oxygens (including phenoxy) is 1. The maximum atomic E-state index is 10.1. The number of pyridine rings is 1. The van der Waals surface area contributed by atoms with Crippen LogP contribution in [0.15, 0.2) is 24.7 Å². The molecule has 90 valence electrons. The Hall–Kier alpha value is -2.08. The highest BCUT2D eigenvalue weighted by Crippen LogP contribution is 2.26. The first kappa shape index (κ1) is 11.4. The highest BCUT2D eigenvalue weighted by Gasteiger charge is 2.16. The molecule has 0 radical (unpaired) electrons. The number of rotatable bonds is 4. The summed E-state index contributed by atoms with van der Waals surface area (Å²) in [5, 5.41) is 16.5. The van der Waals surface area contributed by atoms with Crippen molar-refractivity contribution in [3.63, 3.8) is 0 Å². The van der Waals surface area contributed by atoms with E-state index in [1.54, 1.807) is 18.5 Å². The molecular formula is C11H14N4O2. The second kappa shape index (κ2) is 4.84. The number of aliphatic hydroxyl groups is 1. The van der Waals surface area contributed by atoms with E-state index in [2.05, 4.69) is 15.2 Å². The molecule has 0 fully saturated rings. The van der Waals surface area contributed by atoms with Gasteiger partial charge in [0, 0.05) is 17.3 Å². The van der Waals surface area contributed by atoms with Crippen molar-refractivity contribution in [3.05, 3.63) is 35.8 Å². The molecule has 2 heterocycles. The predicted octanol–water partition coefficient (Wildman–Crippen LogP) is 0.867. The second-order valence-electron chi connectivity index (χ2n) is 3.53. The molecule has 1 atom stereocenters. The minimum Gasteiger partial charge on any atom is -0.492 e. The van der Waals surface area contributed by atoms with Gasteiger partial charge in [-0.3, -0.25) is 10.1 Å². The standard InChI is InChI=1S/C11H14N4O2/c1-2-17-8-3-7(4-13-5-8)10(16)9-6-14-15-11(9)12/h3-6,10,16H,2H2,1H3,(H3,12,14,15). The summed E-state index contributed by atoms with van der Waals surface area (Å²) in [7, 11) is 0. The van der Waals surface area contributed by atoms with E-state index in [4.69, 9.17) is 10.5 Å². The fourth-order valence-corrected chi connectivity index (χ4v) is 1.53. The summed E-state index contributed by atoms with van der Waals surface area (Å²) in [6.45, 7) is 2.44. The van der Waals surface area contributed by atoms with Crippen molar-refractivity contribution in [2.75, 3.05) is 12.3 Å². The molecule has 2 rings (SSSR count). The molecule has 0 bridgehead atoms. The van der Waals surface area contributed by atoms with Crippen LogP contribution in [0.5, 0.6) is 5.75 Å². The SMILES string of the molecule is CCOc1cncc(C(O)c2cn[nH]c2N)c1. The van der Waals surface area contributed by atoms with Crippen LogP contribution in [0, 0.1) is 0 Å². The topological polar surface area (TPSA) is 97.0 Å². The molecule has 2 aromatic heterocycles. The van der Waals surface area contributed by atoms with Gasteiger partial charge in [-0.1, -0.05) is 0 Å². The zero-order valence-corrected chi connectivity index (χ0v) is 9.42. The minimum atomic E-state index is -0.860. The molecular weight excluding hydrogens is 220 g/mol. The van der Waals surface area contributed by atoms with E-state index < -0.39 is 6.10 Å². The van der Waals surface area contributed by atoms with Crippen molar-refractivity contribution < 1.29 is 9.84 Å². The molecule has 0 aliphatic heterocycles. The Labute approximate surface area is 98.4 Å². The number of nitrogens with zero attached hydrogens (tertiary/aromatic N) is 2. The molecule has 0 aliphatic rings. The Bertz CT molecular complexity index is 498. The van der Waals surface area contributed by atoms with Crippen LogP contribution < -0.4 is 10.5 Å². The number of anilines is 1. The molecule has 6 heteroatoms. The third-order valence-electron chi connectivity index (χ3n) is 2.36. The number of H-pyrrole nitrogens is 1. The summed E-state index contributed by atoms with van der Waals surface area (Å²) in [5.74, 6) is 0.963. The van der Waals surface area contributed by atoms with Crippen LogP contribution in [0.2, 0.25) is 0 Å². The lowest BCUT2D eigenvalue weighted by Gasteiger charge is -2.11. The Morgan fingerprint density at radius 1 is 1.47 bits per heavy atom. The molecule has 0 saturated carbocycles. The first-order chi connectivity index (χ1) is 8.22. The molecule has 0 spiro atoms. The third kappa shape index (κ3) is 2.36. The van der Waals surface area contributed by atoms with Gasteiger partial charge in [-0.15, -0.1) is 0 Å². The first-order valence-corrected chi connectivity index (χ1v) is 5.27. The van der Waals surface area contributed by atoms with Crippen molar-refractivity contribution in [1.82, 2.24) is 15.2 Å². The quantitative estimate of drug-likeness (QED) is 0.729. The van der Waals surface area contributed by atoms with Crippen molar-refractivity contribution in [3.8, 4) is 5.75 Å². The highest BCUT2D eigenvalue weighted by molar-refractivity contribution is 5.43. The monoisotopic (exact) mass is 234 g/mol. The molecule has 2 aromatic rings. The van der Waals surface area contributed by atoms with Crippen LogP contribution >= 0.6 is 0 Å². The van der Waals surface area contributed by atoms with E-state index in [1.165, 1.54) is 6.20 Å². The number of nitrogens with one attached hydrogen (secondary N) is 1. The number of nitrogen functional groups attached to an aromatic ring is 1. The minimum absolute atomic E-state index is 0.347. The van der Waals surface area contributed by atoms with Crippen LogP contribution in [0.3, 0.4) is 0 Å². The first-order valence-electron chi connectivity index (χ1n) is 5.27. The van der Waals surface area contributed by atoms with Crippen LogP contribution in [0.1, 0.15) is 24.2 Å². The highest BCUT2D eigenvalue weighted by atomic mass is 16.5. The van der Waals surface area contributed by atoms with Crippen molar-refractivity contribution in [2.45, 2.75) is 13.0 Å². The van der Waals surface area contributed by atoms with E-state index >= 15 is 0 Å². The summed E-state index contributed by atoms with van der Waals surface area (Å²) in [6, 6.07) is 1.73. The molecule has 4 N–H and O–H groups in total. The van der Waals surface area contributed by atoms with E-state index in [-0.39, 0.29) is 0 Å². The number of aromatic nitrogens is 3. The van der Waals surface area contributed by atoms with Crippen LogP contribution in [0.25, 0.3) is 0 Å². The number of nitrogens with two attached hydrogens (primary N) is 1. The smallest absolute Gasteiger partial charge is 0.137 e. The molecule has 0 amide bonds. The van der Waals surface area contributed by atoms with E-state index in [9.17, 15) is 5.11 Å². The zero-order valence-electron chi connectivity index (χ0n) is 9.42. The van der Waals surface area contributed by atoms with Gasteiger partial charge in [0.15, 0.2) is 0 Å². The summed E-state index contributed by atoms with van der Waals surface area (Å²) in [5.41, 5.74) is 6.79. The maximum Gasteiger partial charge on any atom is 0.137 e. The summed E-state index contributed by atoms with van der Waals surface area (Å²) >= 11 is 0. The molecule has 1 unspecified atom stereocenters. The number of aromatic amines is 1. The second-order valence-corrected chi connectivity index (χ2v) is 3.53. The van der Waals surface area contributed by atoms with Gasteiger partial charge in [0.2, 0.25) is 0 Å². The normalized spacial score (nSPS) is 12.4. The van der Waals surface area contributed by atoms with Gasteiger partial charge in [0.25, 0.3) is 0 Å². The Balaban J connectivity index is 2.28. The van der Waals surface area contributed by atoms with Crippen molar-refractivity contribution in [2.24, 2.45) is 0 Å². The molecule has 0 aliphatic carbocycles. The Morgan fingerprint density at radius 3 is 2.94 bits per heavy atom. The zero-order chi connectivity index (χ0) is 12.3. The third-order valence-corrected chi connectivity index (χ3v) is 2.36. The Morgan fingerprint density at radius 2 is 2.29 bits per heavy atom. The summed E-state index contributed by atoms with van der Waals surface area (Å²) in [4.78, 5) is 4.01. The predicted molar refractivity (Wildman–Crippen MR) is 62.5 cm³/mol. The van der Waals surface area contributed by atoms with Gasteiger partial charge in [-0.2, -0.15) is 5.10 Å². The molecule has 6 nitrogen and oxygen atoms in total. The largest absolute Gasteiger partial charge is 0.492 e. The van der Waals surface area contributed by atoms with Crippen molar-refractivity contribution >= 4 is 5.82 Å². The average molecular weight is 234 g/mol.